The minimum Gasteiger partial charge on any atom is -0.497 e. The highest BCUT2D eigenvalue weighted by Gasteiger charge is 2.29. The maximum Gasteiger partial charge on any atom is 0.252 e. The van der Waals surface area contributed by atoms with Gasteiger partial charge in [0.15, 0.2) is 0 Å². The Kier molecular flexibility index (Phi) is 5.24. The molecule has 7 heteroatoms. The molecule has 5 nitrogen and oxygen atoms in total. The van der Waals surface area contributed by atoms with Crippen molar-refractivity contribution in [3.63, 3.8) is 0 Å². The second kappa shape index (κ2) is 7.23. The zero-order valence-electron chi connectivity index (χ0n) is 13.9. The van der Waals surface area contributed by atoms with Crippen LogP contribution in [0.4, 0.5) is 0 Å². The smallest absolute Gasteiger partial charge is 0.252 e. The highest BCUT2D eigenvalue weighted by atomic mass is 32.2. The van der Waals surface area contributed by atoms with E-state index in [0.717, 1.165) is 30.3 Å². The lowest BCUT2D eigenvalue weighted by Gasteiger charge is -2.33. The highest BCUT2D eigenvalue weighted by Crippen LogP contribution is 2.25. The maximum atomic E-state index is 12.7. The van der Waals surface area contributed by atoms with Crippen LogP contribution in [0.5, 0.6) is 5.75 Å². The van der Waals surface area contributed by atoms with Gasteiger partial charge in [0.2, 0.25) is 0 Å². The third-order valence-corrected chi connectivity index (χ3v) is 7.55. The summed E-state index contributed by atoms with van der Waals surface area (Å²) in [6, 6.07) is 11.6. The molecular formula is C17H22N2O3S2. The van der Waals surface area contributed by atoms with Crippen LogP contribution in [0.2, 0.25) is 0 Å². The summed E-state index contributed by atoms with van der Waals surface area (Å²) in [6.07, 6.45) is 0. The molecule has 2 aromatic rings. The predicted octanol–water partition coefficient (Wildman–Crippen LogP) is 2.57. The Morgan fingerprint density at radius 3 is 2.50 bits per heavy atom. The number of aryl methyl sites for hydroxylation is 1. The van der Waals surface area contributed by atoms with Crippen molar-refractivity contribution in [3.8, 4) is 5.75 Å². The molecule has 1 fully saturated rings. The number of hydrogen-bond donors (Lipinski definition) is 0. The van der Waals surface area contributed by atoms with Crippen LogP contribution in [0, 0.1) is 6.92 Å². The van der Waals surface area contributed by atoms with E-state index >= 15 is 0 Å². The molecule has 0 spiro atoms. The number of nitrogens with zero attached hydrogens (tertiary/aromatic N) is 2. The minimum atomic E-state index is -3.34. The fourth-order valence-electron chi connectivity index (χ4n) is 2.83. The molecule has 24 heavy (non-hydrogen) atoms. The SMILES string of the molecule is COc1cccc(CN2CCN(S(=O)(=O)c3ccc(C)s3)CC2)c1. The average Bonchev–Trinajstić information content (AvgIpc) is 3.03. The molecule has 1 saturated heterocycles. The quantitative estimate of drug-likeness (QED) is 0.816. The standard InChI is InChI=1S/C17H22N2O3S2/c1-14-6-7-17(23-14)24(20,21)19-10-8-18(9-11-19)13-15-4-3-5-16(12-15)22-2/h3-7,12H,8-11,13H2,1-2H3. The Labute approximate surface area is 147 Å². The van der Waals surface area contributed by atoms with Crippen LogP contribution in [0.15, 0.2) is 40.6 Å². The number of rotatable bonds is 5. The molecule has 0 bridgehead atoms. The van der Waals surface area contributed by atoms with Gasteiger partial charge in [0.25, 0.3) is 10.0 Å². The van der Waals surface area contributed by atoms with Crippen molar-refractivity contribution in [2.24, 2.45) is 0 Å². The maximum absolute atomic E-state index is 12.7. The van der Waals surface area contributed by atoms with E-state index in [2.05, 4.69) is 11.0 Å². The molecule has 0 amide bonds. The Balaban J connectivity index is 1.61. The Bertz CT molecular complexity index is 794. The minimum absolute atomic E-state index is 0.446. The molecule has 0 N–H and O–H groups in total. The summed E-state index contributed by atoms with van der Waals surface area (Å²) in [4.78, 5) is 3.30. The van der Waals surface area contributed by atoms with E-state index in [4.69, 9.17) is 4.74 Å². The second-order valence-corrected chi connectivity index (χ2v) is 9.35. The molecule has 1 aliphatic heterocycles. The van der Waals surface area contributed by atoms with Gasteiger partial charge in [-0.25, -0.2) is 8.42 Å². The van der Waals surface area contributed by atoms with Gasteiger partial charge in [0, 0.05) is 37.6 Å². The van der Waals surface area contributed by atoms with Crippen LogP contribution in [0.3, 0.4) is 0 Å². The van der Waals surface area contributed by atoms with Crippen LogP contribution in [-0.2, 0) is 16.6 Å². The van der Waals surface area contributed by atoms with E-state index in [0.29, 0.717) is 17.3 Å². The fraction of sp³-hybridized carbons (Fsp3) is 0.412. The van der Waals surface area contributed by atoms with Crippen molar-refractivity contribution in [3.05, 3.63) is 46.8 Å². The summed E-state index contributed by atoms with van der Waals surface area (Å²) in [5.74, 6) is 0.849. The number of methoxy groups -OCH3 is 1. The fourth-order valence-corrected chi connectivity index (χ4v) is 5.69. The molecule has 0 radical (unpaired) electrons. The van der Waals surface area contributed by atoms with Gasteiger partial charge in [-0.1, -0.05) is 12.1 Å². The molecule has 0 atom stereocenters. The Morgan fingerprint density at radius 2 is 1.88 bits per heavy atom. The van der Waals surface area contributed by atoms with Crippen LogP contribution in [-0.4, -0.2) is 50.9 Å². The van der Waals surface area contributed by atoms with Gasteiger partial charge in [-0.05, 0) is 36.8 Å². The zero-order chi connectivity index (χ0) is 17.2. The van der Waals surface area contributed by atoms with Crippen molar-refractivity contribution in [1.29, 1.82) is 0 Å². The molecule has 2 heterocycles. The topological polar surface area (TPSA) is 49.9 Å². The summed E-state index contributed by atoms with van der Waals surface area (Å²) in [5.41, 5.74) is 1.18. The number of sulfonamides is 1. The summed E-state index contributed by atoms with van der Waals surface area (Å²) in [7, 11) is -1.68. The van der Waals surface area contributed by atoms with Gasteiger partial charge in [-0.15, -0.1) is 11.3 Å². The highest BCUT2D eigenvalue weighted by molar-refractivity contribution is 7.91. The Hall–Kier alpha value is -1.41. The molecule has 130 valence electrons. The summed E-state index contributed by atoms with van der Waals surface area (Å²) >= 11 is 1.34. The van der Waals surface area contributed by atoms with Gasteiger partial charge in [0.05, 0.1) is 7.11 Å². The Morgan fingerprint density at radius 1 is 1.12 bits per heavy atom. The number of piperazine rings is 1. The van der Waals surface area contributed by atoms with Gasteiger partial charge < -0.3 is 4.74 Å². The van der Waals surface area contributed by atoms with Crippen LogP contribution < -0.4 is 4.74 Å². The molecule has 0 aliphatic carbocycles. The van der Waals surface area contributed by atoms with Crippen LogP contribution in [0.1, 0.15) is 10.4 Å². The lowest BCUT2D eigenvalue weighted by molar-refractivity contribution is 0.181. The van der Waals surface area contributed by atoms with Gasteiger partial charge in [-0.2, -0.15) is 4.31 Å². The lowest BCUT2D eigenvalue weighted by atomic mass is 10.2. The van der Waals surface area contributed by atoms with Crippen molar-refractivity contribution >= 4 is 21.4 Å². The van der Waals surface area contributed by atoms with E-state index < -0.39 is 10.0 Å². The third-order valence-electron chi connectivity index (χ3n) is 4.18. The first-order chi connectivity index (χ1) is 11.5. The molecular weight excluding hydrogens is 344 g/mol. The largest absolute Gasteiger partial charge is 0.497 e. The van der Waals surface area contributed by atoms with Crippen LogP contribution in [0.25, 0.3) is 0 Å². The number of thiophene rings is 1. The van der Waals surface area contributed by atoms with Crippen molar-refractivity contribution in [2.45, 2.75) is 17.7 Å². The summed E-state index contributed by atoms with van der Waals surface area (Å²) in [5, 5.41) is 0. The van der Waals surface area contributed by atoms with E-state index in [1.807, 2.05) is 31.2 Å². The second-order valence-electron chi connectivity index (χ2n) is 5.90. The summed E-state index contributed by atoms with van der Waals surface area (Å²) in [6.45, 7) is 5.27. The van der Waals surface area contributed by atoms with Gasteiger partial charge in [0.1, 0.15) is 9.96 Å². The van der Waals surface area contributed by atoms with Gasteiger partial charge >= 0.3 is 0 Å². The molecule has 1 aromatic heterocycles. The number of hydrogen-bond acceptors (Lipinski definition) is 5. The normalized spacial score (nSPS) is 17.1. The first-order valence-corrected chi connectivity index (χ1v) is 10.2. The van der Waals surface area contributed by atoms with E-state index in [9.17, 15) is 8.42 Å². The lowest BCUT2D eigenvalue weighted by Crippen LogP contribution is -2.48. The molecule has 1 aliphatic rings. The van der Waals surface area contributed by atoms with E-state index in [1.165, 1.54) is 16.9 Å². The summed E-state index contributed by atoms with van der Waals surface area (Å²) < 4.78 is 32.6. The van der Waals surface area contributed by atoms with Crippen molar-refractivity contribution in [1.82, 2.24) is 9.21 Å². The van der Waals surface area contributed by atoms with E-state index in [1.54, 1.807) is 17.5 Å². The third kappa shape index (κ3) is 3.80. The zero-order valence-corrected chi connectivity index (χ0v) is 15.6. The molecule has 0 unspecified atom stereocenters. The number of ether oxygens (including phenoxy) is 1. The van der Waals surface area contributed by atoms with Gasteiger partial charge in [-0.3, -0.25) is 4.90 Å². The molecule has 3 rings (SSSR count). The molecule has 0 saturated carbocycles. The van der Waals surface area contributed by atoms with E-state index in [-0.39, 0.29) is 0 Å². The average molecular weight is 367 g/mol. The number of benzene rings is 1. The van der Waals surface area contributed by atoms with Crippen LogP contribution >= 0.6 is 11.3 Å². The van der Waals surface area contributed by atoms with Crippen molar-refractivity contribution in [2.75, 3.05) is 33.3 Å². The van der Waals surface area contributed by atoms with Crippen molar-refractivity contribution < 1.29 is 13.2 Å². The first-order valence-electron chi connectivity index (χ1n) is 7.91. The molecule has 1 aromatic carbocycles. The predicted molar refractivity (Wildman–Crippen MR) is 96.1 cm³/mol. The monoisotopic (exact) mass is 366 g/mol. The first kappa shape index (κ1) is 17.4.